The van der Waals surface area contributed by atoms with E-state index in [1.807, 2.05) is 27.8 Å². The summed E-state index contributed by atoms with van der Waals surface area (Å²) in [6.45, 7) is 5.74. The predicted molar refractivity (Wildman–Crippen MR) is 80.8 cm³/mol. The molecule has 0 spiro atoms. The zero-order chi connectivity index (χ0) is 14.9. The van der Waals surface area contributed by atoms with Crippen LogP contribution in [-0.2, 0) is 4.74 Å². The molecule has 0 heterocycles. The molecule has 116 valence electrons. The Balaban J connectivity index is 2.01. The summed E-state index contributed by atoms with van der Waals surface area (Å²) < 4.78 is 5.46. The minimum atomic E-state index is -0.430. The van der Waals surface area contributed by atoms with Crippen LogP contribution in [0.25, 0.3) is 0 Å². The molecule has 0 aliphatic heterocycles. The number of hydrogen-bond acceptors (Lipinski definition) is 3. The summed E-state index contributed by atoms with van der Waals surface area (Å²) in [7, 11) is 2.04. The van der Waals surface area contributed by atoms with Crippen LogP contribution in [0.3, 0.4) is 0 Å². The molecule has 0 aromatic carbocycles. The maximum atomic E-state index is 12.2. The molecule has 2 aliphatic rings. The van der Waals surface area contributed by atoms with Crippen LogP contribution < -0.4 is 10.6 Å². The van der Waals surface area contributed by atoms with E-state index in [-0.39, 0.29) is 17.2 Å². The van der Waals surface area contributed by atoms with E-state index in [0.29, 0.717) is 0 Å². The Hall–Kier alpha value is -0.770. The number of carbonyl (C=O) groups excluding carboxylic acids is 1. The molecule has 1 amide bonds. The highest BCUT2D eigenvalue weighted by atomic mass is 16.6. The Morgan fingerprint density at radius 2 is 1.65 bits per heavy atom. The summed E-state index contributed by atoms with van der Waals surface area (Å²) in [4.78, 5) is 12.2. The van der Waals surface area contributed by atoms with Crippen molar-refractivity contribution in [2.75, 3.05) is 7.05 Å². The van der Waals surface area contributed by atoms with Crippen LogP contribution in [0.4, 0.5) is 4.79 Å². The van der Waals surface area contributed by atoms with Crippen molar-refractivity contribution in [1.29, 1.82) is 0 Å². The molecule has 0 bridgehead atoms. The first kappa shape index (κ1) is 15.6. The van der Waals surface area contributed by atoms with Crippen LogP contribution in [0.1, 0.15) is 72.1 Å². The van der Waals surface area contributed by atoms with Gasteiger partial charge in [0.25, 0.3) is 0 Å². The van der Waals surface area contributed by atoms with Crippen molar-refractivity contribution in [3.8, 4) is 0 Å². The Labute approximate surface area is 123 Å². The third-order valence-electron chi connectivity index (χ3n) is 4.64. The van der Waals surface area contributed by atoms with Gasteiger partial charge in [0.2, 0.25) is 0 Å². The van der Waals surface area contributed by atoms with Gasteiger partial charge in [-0.15, -0.1) is 0 Å². The number of alkyl carbamates (subject to hydrolysis) is 1. The molecule has 4 nitrogen and oxygen atoms in total. The van der Waals surface area contributed by atoms with Gasteiger partial charge in [0.15, 0.2) is 0 Å². The van der Waals surface area contributed by atoms with E-state index in [1.54, 1.807) is 0 Å². The SMILES string of the molecule is CNC1(CC2(NC(=O)OC(C)(C)C)CCCCC2)CC1. The van der Waals surface area contributed by atoms with E-state index in [1.165, 1.54) is 32.1 Å². The molecule has 0 atom stereocenters. The van der Waals surface area contributed by atoms with Gasteiger partial charge in [0.1, 0.15) is 5.60 Å². The topological polar surface area (TPSA) is 50.4 Å². The normalized spacial score (nSPS) is 24.0. The van der Waals surface area contributed by atoms with Crippen molar-refractivity contribution in [1.82, 2.24) is 10.6 Å². The molecule has 0 aromatic rings. The summed E-state index contributed by atoms with van der Waals surface area (Å²) in [6.07, 6.45) is 9.07. The first-order chi connectivity index (χ1) is 9.28. The van der Waals surface area contributed by atoms with E-state index < -0.39 is 5.60 Å². The molecule has 2 saturated carbocycles. The van der Waals surface area contributed by atoms with Crippen molar-refractivity contribution in [2.45, 2.75) is 88.8 Å². The second kappa shape index (κ2) is 5.55. The quantitative estimate of drug-likeness (QED) is 0.831. The maximum Gasteiger partial charge on any atom is 0.408 e. The van der Waals surface area contributed by atoms with Gasteiger partial charge in [-0.1, -0.05) is 19.3 Å². The van der Waals surface area contributed by atoms with Gasteiger partial charge in [-0.25, -0.2) is 4.79 Å². The third-order valence-corrected chi connectivity index (χ3v) is 4.64. The van der Waals surface area contributed by atoms with Crippen molar-refractivity contribution in [2.24, 2.45) is 0 Å². The Morgan fingerprint density at radius 3 is 2.10 bits per heavy atom. The van der Waals surface area contributed by atoms with Crippen molar-refractivity contribution in [3.63, 3.8) is 0 Å². The monoisotopic (exact) mass is 282 g/mol. The summed E-state index contributed by atoms with van der Waals surface area (Å²) in [5, 5.41) is 6.67. The fourth-order valence-corrected chi connectivity index (χ4v) is 3.41. The highest BCUT2D eigenvalue weighted by Crippen LogP contribution is 2.45. The average molecular weight is 282 g/mol. The van der Waals surface area contributed by atoms with E-state index in [4.69, 9.17) is 4.74 Å². The molecule has 0 unspecified atom stereocenters. The van der Waals surface area contributed by atoms with Crippen LogP contribution >= 0.6 is 0 Å². The molecule has 0 saturated heterocycles. The van der Waals surface area contributed by atoms with E-state index >= 15 is 0 Å². The van der Waals surface area contributed by atoms with E-state index in [0.717, 1.165) is 19.3 Å². The summed E-state index contributed by atoms with van der Waals surface area (Å²) >= 11 is 0. The number of hydrogen-bond donors (Lipinski definition) is 2. The summed E-state index contributed by atoms with van der Waals surface area (Å²) in [6, 6.07) is 0. The van der Waals surface area contributed by atoms with Gasteiger partial charge in [-0.3, -0.25) is 0 Å². The lowest BCUT2D eigenvalue weighted by Gasteiger charge is -2.41. The Bertz CT molecular complexity index is 350. The van der Waals surface area contributed by atoms with Gasteiger partial charge in [0.05, 0.1) is 0 Å². The second-order valence-electron chi connectivity index (χ2n) is 7.67. The maximum absolute atomic E-state index is 12.2. The molecule has 0 radical (unpaired) electrons. The molecule has 4 heteroatoms. The number of nitrogens with one attached hydrogen (secondary N) is 2. The number of amides is 1. The molecule has 2 aliphatic carbocycles. The standard InChI is InChI=1S/C16H30N2O2/c1-14(2,3)20-13(19)18-16(8-6-5-7-9-16)12-15(17-4)10-11-15/h17H,5-12H2,1-4H3,(H,18,19). The van der Waals surface area contributed by atoms with Crippen LogP contribution in [0.2, 0.25) is 0 Å². The largest absolute Gasteiger partial charge is 0.444 e. The number of carbonyl (C=O) groups is 1. The van der Waals surface area contributed by atoms with Gasteiger partial charge >= 0.3 is 6.09 Å². The average Bonchev–Trinajstić information content (AvgIpc) is 3.07. The third kappa shape index (κ3) is 4.11. The highest BCUT2D eigenvalue weighted by Gasteiger charge is 2.49. The van der Waals surface area contributed by atoms with Crippen molar-refractivity contribution < 1.29 is 9.53 Å². The van der Waals surface area contributed by atoms with Crippen LogP contribution in [0.15, 0.2) is 0 Å². The molecule has 2 fully saturated rings. The van der Waals surface area contributed by atoms with Crippen LogP contribution in [-0.4, -0.2) is 29.8 Å². The van der Waals surface area contributed by atoms with Gasteiger partial charge in [0, 0.05) is 11.1 Å². The van der Waals surface area contributed by atoms with E-state index in [2.05, 4.69) is 10.6 Å². The van der Waals surface area contributed by atoms with Gasteiger partial charge in [-0.2, -0.15) is 0 Å². The molecular formula is C16H30N2O2. The number of ether oxygens (including phenoxy) is 1. The van der Waals surface area contributed by atoms with Crippen LogP contribution in [0, 0.1) is 0 Å². The lowest BCUT2D eigenvalue weighted by molar-refractivity contribution is 0.0403. The van der Waals surface area contributed by atoms with E-state index in [9.17, 15) is 4.79 Å². The Kier molecular flexibility index (Phi) is 4.33. The fourth-order valence-electron chi connectivity index (χ4n) is 3.41. The molecule has 2 N–H and O–H groups in total. The number of rotatable bonds is 4. The van der Waals surface area contributed by atoms with Gasteiger partial charge in [-0.05, 0) is 59.9 Å². The molecule has 20 heavy (non-hydrogen) atoms. The molecular weight excluding hydrogens is 252 g/mol. The fraction of sp³-hybridized carbons (Fsp3) is 0.938. The minimum absolute atomic E-state index is 0.0694. The lowest BCUT2D eigenvalue weighted by atomic mass is 9.76. The zero-order valence-corrected chi connectivity index (χ0v) is 13.5. The second-order valence-corrected chi connectivity index (χ2v) is 7.67. The highest BCUT2D eigenvalue weighted by molar-refractivity contribution is 5.68. The smallest absolute Gasteiger partial charge is 0.408 e. The van der Waals surface area contributed by atoms with Crippen molar-refractivity contribution in [3.05, 3.63) is 0 Å². The van der Waals surface area contributed by atoms with Crippen LogP contribution in [0.5, 0.6) is 0 Å². The molecule has 2 rings (SSSR count). The minimum Gasteiger partial charge on any atom is -0.444 e. The summed E-state index contributed by atoms with van der Waals surface area (Å²) in [5.41, 5.74) is -0.243. The first-order valence-electron chi connectivity index (χ1n) is 7.98. The zero-order valence-electron chi connectivity index (χ0n) is 13.5. The summed E-state index contributed by atoms with van der Waals surface area (Å²) in [5.74, 6) is 0. The first-order valence-corrected chi connectivity index (χ1v) is 7.98. The van der Waals surface area contributed by atoms with Crippen molar-refractivity contribution >= 4 is 6.09 Å². The predicted octanol–water partition coefficient (Wildman–Crippen LogP) is 3.36. The Morgan fingerprint density at radius 1 is 1.05 bits per heavy atom. The van der Waals surface area contributed by atoms with Gasteiger partial charge < -0.3 is 15.4 Å². The lowest BCUT2D eigenvalue weighted by Crippen LogP contribution is -2.54. The molecule has 0 aromatic heterocycles.